The molecule has 12 nitrogen and oxygen atoms in total. The van der Waals surface area contributed by atoms with Crippen molar-refractivity contribution in [1.29, 1.82) is 0 Å². The van der Waals surface area contributed by atoms with E-state index in [9.17, 15) is 19.8 Å². The number of nitrogens with zero attached hydrogens (tertiary/aromatic N) is 3. The van der Waals surface area contributed by atoms with E-state index in [4.69, 9.17) is 30.8 Å². The molecule has 4 aromatic rings. The normalized spacial score (nSPS) is 24.6. The Morgan fingerprint density at radius 3 is 2.47 bits per heavy atom. The number of likely N-dealkylation sites (tertiary alicyclic amines) is 1. The molecule has 59 heavy (non-hydrogen) atoms. The molecule has 3 aliphatic carbocycles. The van der Waals surface area contributed by atoms with Gasteiger partial charge in [0.2, 0.25) is 5.96 Å². The van der Waals surface area contributed by atoms with Gasteiger partial charge in [-0.3, -0.25) is 15.2 Å². The number of fused-ring (bicyclic) bond motifs is 4. The maximum absolute atomic E-state index is 13.8. The molecule has 4 atom stereocenters. The fraction of sp³-hybridized carbons (Fsp3) is 0.500. The molecule has 0 unspecified atom stereocenters. The summed E-state index contributed by atoms with van der Waals surface area (Å²) >= 11 is 6.17. The van der Waals surface area contributed by atoms with Crippen LogP contribution in [0.15, 0.2) is 59.6 Å². The number of hydrogen-bond donors (Lipinski definition) is 4. The number of phenols is 1. The number of H-pyrrole nitrogens is 1. The first kappa shape index (κ1) is 39.7. The SMILES string of the molecule is CC(C)(C)OC(=O)NC(=NCCc1ccc2[nH]c3c(c2c1)C[C@@]1(O)[C@@H]2Cc4ccc(O)c5c4[C@@]1(CCN2CC1CC1)[C@H]3O5)N(Cc1ccc(Cl)cc1)C(=O)OC(C)(C)C. The first-order chi connectivity index (χ1) is 27.9. The van der Waals surface area contributed by atoms with Crippen LogP contribution in [0.1, 0.15) is 100 Å². The Labute approximate surface area is 349 Å². The van der Waals surface area contributed by atoms with Crippen molar-refractivity contribution >= 4 is 40.6 Å². The summed E-state index contributed by atoms with van der Waals surface area (Å²) in [6.07, 6.45) is 2.98. The van der Waals surface area contributed by atoms with E-state index in [1.54, 1.807) is 71.9 Å². The van der Waals surface area contributed by atoms with E-state index in [1.165, 1.54) is 17.7 Å². The van der Waals surface area contributed by atoms with E-state index in [0.29, 0.717) is 36.0 Å². The monoisotopic (exact) mass is 823 g/mol. The average Bonchev–Trinajstić information content (AvgIpc) is 3.79. The smallest absolute Gasteiger partial charge is 0.417 e. The van der Waals surface area contributed by atoms with Gasteiger partial charge in [0.25, 0.3) is 0 Å². The van der Waals surface area contributed by atoms with Crippen molar-refractivity contribution in [3.05, 3.63) is 93.1 Å². The molecular weight excluding hydrogens is 770 g/mol. The number of piperidine rings is 1. The molecule has 0 radical (unpaired) electrons. The molecule has 1 saturated heterocycles. The minimum Gasteiger partial charge on any atom is -0.504 e. The highest BCUT2D eigenvalue weighted by Crippen LogP contribution is 2.69. The Kier molecular flexibility index (Phi) is 9.52. The number of rotatable bonds is 7. The number of hydrogen-bond acceptors (Lipinski definition) is 9. The summed E-state index contributed by atoms with van der Waals surface area (Å²) < 4.78 is 18.2. The molecule has 3 aromatic carbocycles. The van der Waals surface area contributed by atoms with Crippen LogP contribution in [0.4, 0.5) is 9.59 Å². The van der Waals surface area contributed by atoms with Gasteiger partial charge >= 0.3 is 12.2 Å². The van der Waals surface area contributed by atoms with Crippen LogP contribution in [0.3, 0.4) is 0 Å². The van der Waals surface area contributed by atoms with Crippen LogP contribution in [-0.4, -0.2) is 85.6 Å². The minimum atomic E-state index is -1.10. The van der Waals surface area contributed by atoms with Gasteiger partial charge in [0.1, 0.15) is 11.2 Å². The zero-order valence-electron chi connectivity index (χ0n) is 34.7. The van der Waals surface area contributed by atoms with Gasteiger partial charge < -0.3 is 29.4 Å². The third kappa shape index (κ3) is 7.10. The van der Waals surface area contributed by atoms with Gasteiger partial charge in [-0.15, -0.1) is 0 Å². The molecule has 2 amide bonds. The van der Waals surface area contributed by atoms with Crippen molar-refractivity contribution in [2.45, 2.75) is 121 Å². The summed E-state index contributed by atoms with van der Waals surface area (Å²) in [6, 6.07) is 17.0. The van der Waals surface area contributed by atoms with E-state index in [0.717, 1.165) is 63.9 Å². The number of guanidine groups is 1. The third-order valence-corrected chi connectivity index (χ3v) is 12.9. The van der Waals surface area contributed by atoms with E-state index in [2.05, 4.69) is 27.3 Å². The van der Waals surface area contributed by atoms with Gasteiger partial charge in [-0.2, -0.15) is 0 Å². The molecule has 2 bridgehead atoms. The van der Waals surface area contributed by atoms with E-state index < -0.39 is 40.5 Å². The van der Waals surface area contributed by atoms with Gasteiger partial charge in [-0.1, -0.05) is 35.9 Å². The van der Waals surface area contributed by atoms with Crippen LogP contribution in [0, 0.1) is 5.92 Å². The zero-order chi connectivity index (χ0) is 41.6. The number of ether oxygens (including phenoxy) is 3. The lowest BCUT2D eigenvalue weighted by molar-refractivity contribution is -0.173. The van der Waals surface area contributed by atoms with E-state index >= 15 is 0 Å². The van der Waals surface area contributed by atoms with Crippen molar-refractivity contribution in [2.24, 2.45) is 10.9 Å². The summed E-state index contributed by atoms with van der Waals surface area (Å²) in [5.41, 5.74) is 3.45. The number of aromatic hydroxyl groups is 1. The number of halogens is 1. The van der Waals surface area contributed by atoms with Crippen LogP contribution in [0.5, 0.6) is 11.5 Å². The van der Waals surface area contributed by atoms with Crippen molar-refractivity contribution < 1.29 is 34.0 Å². The molecule has 1 saturated carbocycles. The van der Waals surface area contributed by atoms with Crippen molar-refractivity contribution in [3.8, 4) is 11.5 Å². The first-order valence-corrected chi connectivity index (χ1v) is 21.2. The number of amides is 2. The first-order valence-electron chi connectivity index (χ1n) is 20.8. The van der Waals surface area contributed by atoms with Gasteiger partial charge in [-0.25, -0.2) is 14.5 Å². The number of carbonyl (C=O) groups is 2. The molecule has 2 aliphatic heterocycles. The van der Waals surface area contributed by atoms with E-state index in [-0.39, 0.29) is 30.8 Å². The third-order valence-electron chi connectivity index (χ3n) is 12.6. The maximum atomic E-state index is 13.8. The van der Waals surface area contributed by atoms with Crippen molar-refractivity contribution in [1.82, 2.24) is 20.1 Å². The Morgan fingerprint density at radius 1 is 1.03 bits per heavy atom. The lowest BCUT2D eigenvalue weighted by Gasteiger charge is -2.62. The molecular formula is C46H54ClN5O7. The second-order valence-electron chi connectivity index (χ2n) is 19.1. The molecule has 1 aromatic heterocycles. The predicted octanol–water partition coefficient (Wildman–Crippen LogP) is 8.09. The lowest BCUT2D eigenvalue weighted by atomic mass is 9.49. The Morgan fingerprint density at radius 2 is 1.76 bits per heavy atom. The van der Waals surface area contributed by atoms with Gasteiger partial charge in [-0.05, 0) is 139 Å². The topological polar surface area (TPSA) is 149 Å². The number of aromatic nitrogens is 1. The molecule has 1 spiro atoms. The molecule has 5 aliphatic rings. The van der Waals surface area contributed by atoms with Crippen LogP contribution < -0.4 is 10.1 Å². The predicted molar refractivity (Wildman–Crippen MR) is 225 cm³/mol. The van der Waals surface area contributed by atoms with Gasteiger partial charge in [0.15, 0.2) is 17.6 Å². The average molecular weight is 824 g/mol. The number of carbonyl (C=O) groups excluding carboxylic acids is 2. The quantitative estimate of drug-likeness (QED) is 0.108. The highest BCUT2D eigenvalue weighted by molar-refractivity contribution is 6.30. The van der Waals surface area contributed by atoms with Crippen molar-refractivity contribution in [2.75, 3.05) is 19.6 Å². The van der Waals surface area contributed by atoms with Crippen LogP contribution in [-0.2, 0) is 40.7 Å². The number of aliphatic imine (C=N–C) groups is 1. The zero-order valence-corrected chi connectivity index (χ0v) is 35.4. The van der Waals surface area contributed by atoms with E-state index in [1.807, 2.05) is 12.1 Å². The maximum Gasteiger partial charge on any atom is 0.417 e. The summed E-state index contributed by atoms with van der Waals surface area (Å²) in [4.78, 5) is 39.3. The lowest BCUT2D eigenvalue weighted by Crippen LogP contribution is -2.74. The molecule has 4 N–H and O–H groups in total. The highest BCUT2D eigenvalue weighted by Gasteiger charge is 2.73. The second-order valence-corrected chi connectivity index (χ2v) is 19.5. The second kappa shape index (κ2) is 14.2. The Hall–Kier alpha value is -4.78. The molecule has 3 heterocycles. The number of alkyl carbamates (subject to hydrolysis) is 1. The van der Waals surface area contributed by atoms with Crippen LogP contribution >= 0.6 is 11.6 Å². The number of benzene rings is 3. The molecule has 9 rings (SSSR count). The largest absolute Gasteiger partial charge is 0.504 e. The molecule has 312 valence electrons. The summed E-state index contributed by atoms with van der Waals surface area (Å²) in [7, 11) is 0. The Balaban J connectivity index is 1.05. The fourth-order valence-corrected chi connectivity index (χ4v) is 10.1. The van der Waals surface area contributed by atoms with Crippen molar-refractivity contribution in [3.63, 3.8) is 0 Å². The standard InChI is InChI=1S/C46H54ClN5O7/c1-43(2,3)58-41(54)50-40(52(42(55)59-44(4,5)6)25-28-9-13-30(47)14-10-28)48-19-17-26-11-15-33-31(21-26)32-23-46(56)35-22-29-12-16-34(53)38-36(29)45(46,39(57-38)37(32)49-33)18-20-51(35)24-27-7-8-27/h9-16,21,27,35,39,49,53,56H,7-8,17-20,22-25H2,1-6H3,(H,48,50,54)/t35-,39-,45-,46+/m0/s1. The number of phenolic OH excluding ortho intramolecular Hbond substituents is 1. The fourth-order valence-electron chi connectivity index (χ4n) is 10.0. The summed E-state index contributed by atoms with van der Waals surface area (Å²) in [5, 5.41) is 28.7. The number of nitrogens with one attached hydrogen (secondary N) is 2. The summed E-state index contributed by atoms with van der Waals surface area (Å²) in [5.74, 6) is 1.31. The summed E-state index contributed by atoms with van der Waals surface area (Å²) in [6.45, 7) is 12.8. The number of aliphatic hydroxyl groups is 1. The minimum absolute atomic E-state index is 0.00349. The highest BCUT2D eigenvalue weighted by atomic mass is 35.5. The van der Waals surface area contributed by atoms with Gasteiger partial charge in [0, 0.05) is 47.0 Å². The molecule has 13 heteroatoms. The van der Waals surface area contributed by atoms with Gasteiger partial charge in [0.05, 0.1) is 23.3 Å². The number of aromatic amines is 1. The molecule has 2 fully saturated rings. The Bertz CT molecular complexity index is 2360. The van der Waals surface area contributed by atoms with Crippen LogP contribution in [0.2, 0.25) is 5.02 Å². The van der Waals surface area contributed by atoms with Crippen LogP contribution in [0.25, 0.3) is 10.9 Å².